The van der Waals surface area contributed by atoms with Gasteiger partial charge in [0, 0.05) is 36.0 Å². The van der Waals surface area contributed by atoms with Crippen molar-refractivity contribution >= 4 is 17.4 Å². The number of pyridine rings is 1. The number of aromatic nitrogens is 3. The summed E-state index contributed by atoms with van der Waals surface area (Å²) in [5.41, 5.74) is 8.77. The lowest BCUT2D eigenvalue weighted by Crippen LogP contribution is -2.35. The smallest absolute Gasteiger partial charge is 0.274 e. The minimum atomic E-state index is -0.959. The van der Waals surface area contributed by atoms with Crippen LogP contribution >= 0.6 is 0 Å². The number of fused-ring (bicyclic) bond motifs is 1. The van der Waals surface area contributed by atoms with Crippen LogP contribution < -0.4 is 11.1 Å². The number of amides is 1. The fraction of sp³-hybridized carbons (Fsp3) is 0.292. The summed E-state index contributed by atoms with van der Waals surface area (Å²) in [4.78, 5) is 30.5. The summed E-state index contributed by atoms with van der Waals surface area (Å²) in [5, 5.41) is 2.79. The second kappa shape index (κ2) is 7.47. The highest BCUT2D eigenvalue weighted by atomic mass is 19.1. The molecule has 1 amide bonds. The molecule has 0 spiro atoms. The number of nitrogens with two attached hydrogens (primary N) is 1. The fourth-order valence-corrected chi connectivity index (χ4v) is 3.98. The first-order valence-electron chi connectivity index (χ1n) is 10.6. The van der Waals surface area contributed by atoms with E-state index in [-0.39, 0.29) is 17.4 Å². The second-order valence-corrected chi connectivity index (χ2v) is 8.68. The number of aryl methyl sites for hydroxylation is 1. The minimum Gasteiger partial charge on any atom is -0.383 e. The van der Waals surface area contributed by atoms with Crippen LogP contribution in [0.25, 0.3) is 0 Å². The van der Waals surface area contributed by atoms with E-state index in [2.05, 4.69) is 20.3 Å². The Labute approximate surface area is 185 Å². The third-order valence-corrected chi connectivity index (χ3v) is 5.93. The predicted octanol–water partition coefficient (Wildman–Crippen LogP) is 3.63. The zero-order valence-electron chi connectivity index (χ0n) is 17.9. The molecule has 3 N–H and O–H groups in total. The van der Waals surface area contributed by atoms with Crippen molar-refractivity contribution in [3.8, 4) is 0 Å². The Morgan fingerprint density at radius 3 is 2.72 bits per heavy atom. The lowest BCUT2D eigenvalue weighted by atomic mass is 9.84. The number of nitrogens with zero attached hydrogens (tertiary/aromatic N) is 4. The summed E-state index contributed by atoms with van der Waals surface area (Å²) in [6.07, 6.45) is 5.91. The topological polar surface area (TPSA) is 106 Å². The van der Waals surface area contributed by atoms with E-state index >= 15 is 0 Å². The molecular weight excluding hydrogens is 407 g/mol. The number of halogens is 1. The number of rotatable bonds is 4. The van der Waals surface area contributed by atoms with Crippen LogP contribution in [0.1, 0.15) is 64.4 Å². The highest BCUT2D eigenvalue weighted by molar-refractivity contribution is 6.03. The number of hydrogen-bond donors (Lipinski definition) is 2. The molecule has 2 aliphatic rings. The molecule has 0 bridgehead atoms. The number of hydrogen-bond acceptors (Lipinski definition) is 6. The number of carbonyl (C=O) groups is 1. The molecule has 2 aromatic heterocycles. The number of carbonyl (C=O) groups excluding carboxylic acids is 1. The molecule has 7 nitrogen and oxygen atoms in total. The van der Waals surface area contributed by atoms with E-state index in [0.717, 1.165) is 29.9 Å². The molecule has 1 fully saturated rings. The van der Waals surface area contributed by atoms with Gasteiger partial charge in [0.1, 0.15) is 23.2 Å². The maximum absolute atomic E-state index is 15.0. The lowest BCUT2D eigenvalue weighted by molar-refractivity contribution is 0.102. The first kappa shape index (κ1) is 20.2. The van der Waals surface area contributed by atoms with E-state index < -0.39 is 11.4 Å². The van der Waals surface area contributed by atoms with Gasteiger partial charge in [-0.15, -0.1) is 0 Å². The first-order chi connectivity index (χ1) is 15.3. The Bertz CT molecular complexity index is 1250. The minimum absolute atomic E-state index is 0.283. The van der Waals surface area contributed by atoms with Gasteiger partial charge in [0.05, 0.1) is 16.8 Å². The van der Waals surface area contributed by atoms with Crippen molar-refractivity contribution in [1.29, 1.82) is 0 Å². The predicted molar refractivity (Wildman–Crippen MR) is 119 cm³/mol. The van der Waals surface area contributed by atoms with Crippen LogP contribution in [-0.2, 0) is 12.0 Å². The van der Waals surface area contributed by atoms with Crippen LogP contribution in [0, 0.1) is 12.7 Å². The van der Waals surface area contributed by atoms with E-state index in [4.69, 9.17) is 10.7 Å². The third-order valence-electron chi connectivity index (χ3n) is 5.93. The molecule has 3 aromatic rings. The second-order valence-electron chi connectivity index (χ2n) is 8.68. The number of nitrogens with one attached hydrogen (secondary N) is 1. The average molecular weight is 430 g/mol. The highest BCUT2D eigenvalue weighted by Crippen LogP contribution is 2.40. The van der Waals surface area contributed by atoms with Crippen molar-refractivity contribution in [2.45, 2.75) is 44.6 Å². The number of aliphatic imine (C=N–C) groups is 1. The molecule has 1 aromatic carbocycles. The zero-order valence-corrected chi connectivity index (χ0v) is 17.9. The molecule has 0 radical (unpaired) electrons. The molecule has 32 heavy (non-hydrogen) atoms. The van der Waals surface area contributed by atoms with Gasteiger partial charge in [-0.05, 0) is 56.5 Å². The van der Waals surface area contributed by atoms with Crippen LogP contribution in [0.2, 0.25) is 0 Å². The molecule has 1 atom stereocenters. The fourth-order valence-electron chi connectivity index (χ4n) is 3.98. The Morgan fingerprint density at radius 1 is 1.19 bits per heavy atom. The largest absolute Gasteiger partial charge is 0.383 e. The number of benzene rings is 1. The van der Waals surface area contributed by atoms with E-state index in [1.807, 2.05) is 19.9 Å². The molecular formula is C24H23FN6O. The van der Waals surface area contributed by atoms with Gasteiger partial charge in [0.15, 0.2) is 0 Å². The van der Waals surface area contributed by atoms with Crippen molar-refractivity contribution in [3.63, 3.8) is 0 Å². The van der Waals surface area contributed by atoms with Crippen LogP contribution in [0.3, 0.4) is 0 Å². The van der Waals surface area contributed by atoms with Crippen LogP contribution in [0.5, 0.6) is 0 Å². The number of amidine groups is 1. The summed E-state index contributed by atoms with van der Waals surface area (Å²) in [6, 6.07) is 7.91. The molecule has 1 aliphatic carbocycles. The van der Waals surface area contributed by atoms with Gasteiger partial charge in [-0.3, -0.25) is 14.8 Å². The number of anilines is 1. The molecule has 5 rings (SSSR count). The van der Waals surface area contributed by atoms with Crippen molar-refractivity contribution in [1.82, 2.24) is 15.0 Å². The standard InChI is InChI=1S/C24H23FN6O/c1-13-3-8-19(27-11-13)23(32)29-15-6-7-18(25)17(9-15)24(2)10-20-16(21(26)31-24)12-28-22(30-20)14-4-5-14/h3,6-9,11-12,14H,4-5,10H2,1-2H3,(H2,26,31)(H,29,32)/t24-/m0/s1. The Hall–Kier alpha value is -3.68. The maximum Gasteiger partial charge on any atom is 0.274 e. The quantitative estimate of drug-likeness (QED) is 0.658. The summed E-state index contributed by atoms with van der Waals surface area (Å²) >= 11 is 0. The third kappa shape index (κ3) is 3.72. The highest BCUT2D eigenvalue weighted by Gasteiger charge is 2.37. The summed E-state index contributed by atoms with van der Waals surface area (Å²) < 4.78 is 15.0. The van der Waals surface area contributed by atoms with Crippen molar-refractivity contribution in [2.24, 2.45) is 10.7 Å². The van der Waals surface area contributed by atoms with Crippen molar-refractivity contribution in [2.75, 3.05) is 5.32 Å². The van der Waals surface area contributed by atoms with Gasteiger partial charge in [-0.25, -0.2) is 14.4 Å². The van der Waals surface area contributed by atoms with Crippen molar-refractivity contribution < 1.29 is 9.18 Å². The molecule has 0 unspecified atom stereocenters. The lowest BCUT2D eigenvalue weighted by Gasteiger charge is -2.31. The van der Waals surface area contributed by atoms with Gasteiger partial charge < -0.3 is 11.1 Å². The normalized spacial score (nSPS) is 19.8. The van der Waals surface area contributed by atoms with E-state index in [0.29, 0.717) is 29.2 Å². The van der Waals surface area contributed by atoms with Gasteiger partial charge in [0.2, 0.25) is 0 Å². The summed E-state index contributed by atoms with van der Waals surface area (Å²) in [7, 11) is 0. The van der Waals surface area contributed by atoms with Gasteiger partial charge in [0.25, 0.3) is 5.91 Å². The SMILES string of the molecule is Cc1ccc(C(=O)Nc2ccc(F)c([C@]3(C)Cc4nc(C5CC5)ncc4C(N)=N3)c2)nc1. The van der Waals surface area contributed by atoms with E-state index in [1.165, 1.54) is 12.1 Å². The Kier molecular flexibility index (Phi) is 4.73. The van der Waals surface area contributed by atoms with Gasteiger partial charge in [-0.2, -0.15) is 0 Å². The summed E-state index contributed by atoms with van der Waals surface area (Å²) in [5.74, 6) is 0.709. The molecule has 1 saturated carbocycles. The van der Waals surface area contributed by atoms with Gasteiger partial charge in [-0.1, -0.05) is 6.07 Å². The average Bonchev–Trinajstić information content (AvgIpc) is 3.60. The van der Waals surface area contributed by atoms with E-state index in [1.54, 1.807) is 24.5 Å². The molecule has 8 heteroatoms. The van der Waals surface area contributed by atoms with Gasteiger partial charge >= 0.3 is 0 Å². The first-order valence-corrected chi connectivity index (χ1v) is 10.6. The molecule has 3 heterocycles. The monoisotopic (exact) mass is 430 g/mol. The van der Waals surface area contributed by atoms with Crippen LogP contribution in [0.15, 0.2) is 47.7 Å². The molecule has 0 saturated heterocycles. The van der Waals surface area contributed by atoms with Crippen LogP contribution in [0.4, 0.5) is 10.1 Å². The Balaban J connectivity index is 1.46. The summed E-state index contributed by atoms with van der Waals surface area (Å²) in [6.45, 7) is 3.72. The Morgan fingerprint density at radius 2 is 2.00 bits per heavy atom. The van der Waals surface area contributed by atoms with Crippen LogP contribution in [-0.4, -0.2) is 26.7 Å². The molecule has 1 aliphatic heterocycles. The zero-order chi connectivity index (χ0) is 22.5. The molecule has 162 valence electrons. The van der Waals surface area contributed by atoms with Crippen molar-refractivity contribution in [3.05, 3.63) is 82.4 Å². The maximum atomic E-state index is 15.0. The van der Waals surface area contributed by atoms with E-state index in [9.17, 15) is 9.18 Å².